The molecule has 3 amide bonds. The summed E-state index contributed by atoms with van der Waals surface area (Å²) >= 11 is 0. The average molecular weight is 674 g/mol. The minimum Gasteiger partial charge on any atom is -0.347 e. The van der Waals surface area contributed by atoms with Crippen molar-refractivity contribution >= 4 is 23.5 Å². The first-order chi connectivity index (χ1) is 22.7. The molecule has 0 aliphatic carbocycles. The minimum atomic E-state index is -4.75. The molecule has 0 fully saturated rings. The molecule has 5 rings (SSSR count). The van der Waals surface area contributed by atoms with Gasteiger partial charge in [-0.2, -0.15) is 31.4 Å². The van der Waals surface area contributed by atoms with Crippen molar-refractivity contribution in [2.75, 3.05) is 11.4 Å². The first-order valence-corrected chi connectivity index (χ1v) is 14.4. The Morgan fingerprint density at radius 3 is 2.25 bits per heavy atom. The summed E-state index contributed by atoms with van der Waals surface area (Å²) in [5.74, 6) is -4.32. The normalized spacial score (nSPS) is 16.6. The van der Waals surface area contributed by atoms with Crippen molar-refractivity contribution in [1.29, 1.82) is 0 Å². The van der Waals surface area contributed by atoms with Crippen LogP contribution in [0.5, 0.6) is 0 Å². The summed E-state index contributed by atoms with van der Waals surface area (Å²) in [6, 6.07) is 15.6. The van der Waals surface area contributed by atoms with Crippen LogP contribution in [0.2, 0.25) is 0 Å². The summed E-state index contributed by atoms with van der Waals surface area (Å²) in [6.45, 7) is 1.23. The molecule has 1 aromatic heterocycles. The highest BCUT2D eigenvalue weighted by molar-refractivity contribution is 6.05. The fourth-order valence-electron chi connectivity index (χ4n) is 5.45. The predicted molar refractivity (Wildman–Crippen MR) is 160 cm³/mol. The SMILES string of the molecule is CCN1C(=O)[C@@H](NC(=O)c2cccc(C(F)(F)F)c2)[C@@H](c2ccc(F)cc2)c2c(CNC(=O)/C=C/C(F)(F)F)nn(-c3ccccc3)c21. The maximum absolute atomic E-state index is 14.2. The Bertz CT molecular complexity index is 1850. The van der Waals surface area contributed by atoms with Gasteiger partial charge in [0.1, 0.15) is 17.7 Å². The molecular weight excluding hydrogens is 647 g/mol. The number of benzene rings is 3. The van der Waals surface area contributed by atoms with Crippen LogP contribution in [0.4, 0.5) is 36.6 Å². The van der Waals surface area contributed by atoms with Crippen LogP contribution in [0.25, 0.3) is 5.69 Å². The number of hydrogen-bond donors (Lipinski definition) is 2. The lowest BCUT2D eigenvalue weighted by atomic mass is 9.80. The first-order valence-electron chi connectivity index (χ1n) is 14.4. The van der Waals surface area contributed by atoms with Crippen molar-refractivity contribution in [3.05, 3.63) is 125 Å². The zero-order chi connectivity index (χ0) is 34.8. The lowest BCUT2D eigenvalue weighted by molar-refractivity contribution is -0.137. The number of carbonyl (C=O) groups excluding carboxylic acids is 3. The molecule has 0 bridgehead atoms. The van der Waals surface area contributed by atoms with E-state index in [9.17, 15) is 45.1 Å². The second-order valence-corrected chi connectivity index (χ2v) is 10.7. The predicted octanol–water partition coefficient (Wildman–Crippen LogP) is 6.06. The Balaban J connectivity index is 1.67. The maximum Gasteiger partial charge on any atom is 0.416 e. The third-order valence-corrected chi connectivity index (χ3v) is 7.54. The smallest absolute Gasteiger partial charge is 0.347 e. The molecule has 1 aliphatic rings. The van der Waals surface area contributed by atoms with Gasteiger partial charge in [-0.15, -0.1) is 0 Å². The number of nitrogens with one attached hydrogen (secondary N) is 2. The summed E-state index contributed by atoms with van der Waals surface area (Å²) in [4.78, 5) is 41.4. The van der Waals surface area contributed by atoms with Crippen LogP contribution in [0.1, 0.15) is 45.6 Å². The lowest BCUT2D eigenvalue weighted by Crippen LogP contribution is -2.55. The van der Waals surface area contributed by atoms with Crippen molar-refractivity contribution in [1.82, 2.24) is 20.4 Å². The van der Waals surface area contributed by atoms with Crippen LogP contribution in [0.15, 0.2) is 91.0 Å². The molecule has 48 heavy (non-hydrogen) atoms. The van der Waals surface area contributed by atoms with E-state index in [1.807, 2.05) is 0 Å². The fourth-order valence-corrected chi connectivity index (χ4v) is 5.45. The molecule has 0 radical (unpaired) electrons. The van der Waals surface area contributed by atoms with Crippen LogP contribution in [-0.2, 0) is 22.3 Å². The maximum atomic E-state index is 14.2. The molecule has 0 saturated carbocycles. The van der Waals surface area contributed by atoms with E-state index in [0.29, 0.717) is 23.4 Å². The quantitative estimate of drug-likeness (QED) is 0.176. The third kappa shape index (κ3) is 7.24. The number of alkyl halides is 6. The number of carbonyl (C=O) groups is 3. The van der Waals surface area contributed by atoms with E-state index < -0.39 is 60.0 Å². The molecule has 0 saturated heterocycles. The van der Waals surface area contributed by atoms with Gasteiger partial charge in [0.25, 0.3) is 11.8 Å². The van der Waals surface area contributed by atoms with E-state index >= 15 is 0 Å². The topological polar surface area (TPSA) is 96.3 Å². The molecule has 0 unspecified atom stereocenters. The number of fused-ring (bicyclic) bond motifs is 1. The number of halogens is 7. The molecule has 2 atom stereocenters. The average Bonchev–Trinajstić information content (AvgIpc) is 3.42. The van der Waals surface area contributed by atoms with Crippen LogP contribution in [-0.4, -0.2) is 46.3 Å². The molecule has 15 heteroatoms. The first kappa shape index (κ1) is 33.9. The summed E-state index contributed by atoms with van der Waals surface area (Å²) in [5, 5.41) is 9.54. The van der Waals surface area contributed by atoms with Gasteiger partial charge in [0.05, 0.1) is 23.5 Å². The highest BCUT2D eigenvalue weighted by Gasteiger charge is 2.46. The van der Waals surface area contributed by atoms with Gasteiger partial charge < -0.3 is 10.6 Å². The summed E-state index contributed by atoms with van der Waals surface area (Å²) < 4.78 is 93.9. The number of hydrogen-bond acceptors (Lipinski definition) is 4. The number of amides is 3. The van der Waals surface area contributed by atoms with Crippen LogP contribution in [0, 0.1) is 5.82 Å². The van der Waals surface area contributed by atoms with E-state index in [4.69, 9.17) is 0 Å². The molecular formula is C33H26F7N5O3. The van der Waals surface area contributed by atoms with Crippen molar-refractivity contribution in [3.63, 3.8) is 0 Å². The van der Waals surface area contributed by atoms with Crippen LogP contribution >= 0.6 is 0 Å². The summed E-state index contributed by atoms with van der Waals surface area (Å²) in [6.07, 6.45) is -9.43. The van der Waals surface area contributed by atoms with E-state index in [1.54, 1.807) is 37.3 Å². The Morgan fingerprint density at radius 1 is 0.938 bits per heavy atom. The van der Waals surface area contributed by atoms with Gasteiger partial charge in [-0.1, -0.05) is 36.4 Å². The highest BCUT2D eigenvalue weighted by Crippen LogP contribution is 2.44. The van der Waals surface area contributed by atoms with E-state index in [2.05, 4.69) is 15.7 Å². The number of allylic oxidation sites excluding steroid dienone is 1. The van der Waals surface area contributed by atoms with Crippen LogP contribution < -0.4 is 15.5 Å². The Kier molecular flexibility index (Phi) is 9.41. The molecule has 8 nitrogen and oxygen atoms in total. The van der Waals surface area contributed by atoms with Gasteiger partial charge in [-0.25, -0.2) is 9.07 Å². The second-order valence-electron chi connectivity index (χ2n) is 10.7. The standard InChI is InChI=1S/C33H26F7N5O3/c1-2-44-30-27(24(18-41-25(46)15-16-32(35,36)37)43-45(30)23-9-4-3-5-10-23)26(19-11-13-22(34)14-12-19)28(31(44)48)42-29(47)20-7-6-8-21(17-20)33(38,39)40/h3-17,26,28H,2,18H2,1H3,(H,41,46)(H,42,47)/b16-15+/t26-,28-/m0/s1. The largest absolute Gasteiger partial charge is 0.416 e. The molecule has 0 spiro atoms. The zero-order valence-electron chi connectivity index (χ0n) is 24.9. The summed E-state index contributed by atoms with van der Waals surface area (Å²) in [7, 11) is 0. The van der Waals surface area contributed by atoms with Crippen molar-refractivity contribution in [3.8, 4) is 5.69 Å². The van der Waals surface area contributed by atoms with Gasteiger partial charge in [0, 0.05) is 35.7 Å². The Hall–Kier alpha value is -5.47. The Morgan fingerprint density at radius 2 is 1.62 bits per heavy atom. The molecule has 2 N–H and O–H groups in total. The number of aromatic nitrogens is 2. The van der Waals surface area contributed by atoms with Crippen molar-refractivity contribution < 1.29 is 45.1 Å². The fraction of sp³-hybridized carbons (Fsp3) is 0.212. The number of anilines is 1. The van der Waals surface area contributed by atoms with Gasteiger partial charge in [-0.05, 0) is 55.0 Å². The highest BCUT2D eigenvalue weighted by atomic mass is 19.4. The van der Waals surface area contributed by atoms with Gasteiger partial charge >= 0.3 is 12.4 Å². The zero-order valence-corrected chi connectivity index (χ0v) is 24.9. The van der Waals surface area contributed by atoms with E-state index in [1.165, 1.54) is 21.7 Å². The molecule has 250 valence electrons. The van der Waals surface area contributed by atoms with Gasteiger partial charge in [0.2, 0.25) is 5.91 Å². The monoisotopic (exact) mass is 673 g/mol. The lowest BCUT2D eigenvalue weighted by Gasteiger charge is -2.38. The van der Waals surface area contributed by atoms with Crippen molar-refractivity contribution in [2.24, 2.45) is 0 Å². The second kappa shape index (κ2) is 13.3. The number of nitrogens with zero attached hydrogens (tertiary/aromatic N) is 3. The Labute approximate surface area is 268 Å². The van der Waals surface area contributed by atoms with E-state index in [-0.39, 0.29) is 35.3 Å². The van der Waals surface area contributed by atoms with Crippen LogP contribution in [0.3, 0.4) is 0 Å². The van der Waals surface area contributed by atoms with Crippen molar-refractivity contribution in [2.45, 2.75) is 37.8 Å². The van der Waals surface area contributed by atoms with E-state index in [0.717, 1.165) is 30.3 Å². The molecule has 2 heterocycles. The number of para-hydroxylation sites is 1. The van der Waals surface area contributed by atoms with Gasteiger partial charge in [0.15, 0.2) is 0 Å². The molecule has 4 aromatic rings. The molecule has 3 aromatic carbocycles. The number of likely N-dealkylation sites (N-methyl/N-ethyl adjacent to an activating group) is 1. The number of rotatable bonds is 8. The summed E-state index contributed by atoms with van der Waals surface area (Å²) in [5.41, 5.74) is -0.331. The molecule has 1 aliphatic heterocycles. The third-order valence-electron chi connectivity index (χ3n) is 7.54. The minimum absolute atomic E-state index is 0.0244. The van der Waals surface area contributed by atoms with Gasteiger partial charge in [-0.3, -0.25) is 19.3 Å².